The summed E-state index contributed by atoms with van der Waals surface area (Å²) in [5.41, 5.74) is 0.515. The summed E-state index contributed by atoms with van der Waals surface area (Å²) in [6.07, 6.45) is 0. The Kier molecular flexibility index (Phi) is 7.70. The minimum Gasteiger partial charge on any atom is -0.383 e. The number of fused-ring (bicyclic) bond motifs is 1. The molecule has 0 saturated heterocycles. The van der Waals surface area contributed by atoms with Crippen LogP contribution in [0.15, 0.2) is 101 Å². The number of nitrogens with zero attached hydrogens (tertiary/aromatic N) is 1. The molecule has 7 nitrogen and oxygen atoms in total. The maximum Gasteiger partial charge on any atom is 0.339 e. The van der Waals surface area contributed by atoms with Crippen LogP contribution in [0.3, 0.4) is 0 Å². The lowest BCUT2D eigenvalue weighted by Crippen LogP contribution is -2.33. The van der Waals surface area contributed by atoms with E-state index in [1.807, 2.05) is 18.2 Å². The molecular weight excluding hydrogens is 505 g/mol. The van der Waals surface area contributed by atoms with E-state index in [9.17, 15) is 21.2 Å². The van der Waals surface area contributed by atoms with E-state index in [4.69, 9.17) is 8.92 Å². The number of benzene rings is 4. The molecule has 4 rings (SSSR count). The third kappa shape index (κ3) is 5.73. The largest absolute Gasteiger partial charge is 0.383 e. The highest BCUT2D eigenvalue weighted by Gasteiger charge is 2.26. The monoisotopic (exact) mass is 529 g/mol. The van der Waals surface area contributed by atoms with Crippen molar-refractivity contribution in [3.63, 3.8) is 0 Å². The summed E-state index contributed by atoms with van der Waals surface area (Å²) in [6.45, 7) is 0.211. The zero-order valence-corrected chi connectivity index (χ0v) is 21.0. The number of ether oxygens (including phenoxy) is 1. The fraction of sp³-hybridized carbons (Fsp3) is 0.154. The van der Waals surface area contributed by atoms with Gasteiger partial charge in [-0.1, -0.05) is 48.5 Å². The zero-order chi connectivity index (χ0) is 25.8. The van der Waals surface area contributed by atoms with Gasteiger partial charge in [0.1, 0.15) is 16.5 Å². The van der Waals surface area contributed by atoms with E-state index in [2.05, 4.69) is 0 Å². The van der Waals surface area contributed by atoms with Crippen LogP contribution in [0.4, 0.5) is 4.39 Å². The van der Waals surface area contributed by atoms with Crippen LogP contribution in [0.2, 0.25) is 0 Å². The van der Waals surface area contributed by atoms with E-state index in [0.29, 0.717) is 10.9 Å². The Bertz CT molecular complexity index is 1570. The zero-order valence-electron chi connectivity index (χ0n) is 19.4. The van der Waals surface area contributed by atoms with Crippen molar-refractivity contribution in [2.75, 3.05) is 20.3 Å². The van der Waals surface area contributed by atoms with Crippen molar-refractivity contribution < 1.29 is 30.1 Å². The fourth-order valence-corrected chi connectivity index (χ4v) is 6.26. The van der Waals surface area contributed by atoms with Gasteiger partial charge in [0.25, 0.3) is 0 Å². The van der Waals surface area contributed by atoms with Crippen LogP contribution < -0.4 is 4.18 Å². The highest BCUT2D eigenvalue weighted by Crippen LogP contribution is 2.28. The van der Waals surface area contributed by atoms with Crippen molar-refractivity contribution in [3.05, 3.63) is 102 Å². The summed E-state index contributed by atoms with van der Waals surface area (Å²) in [6, 6.07) is 22.7. The van der Waals surface area contributed by atoms with Gasteiger partial charge in [-0.2, -0.15) is 12.7 Å². The molecule has 0 atom stereocenters. The number of sulfonamides is 1. The maximum atomic E-state index is 13.7. The van der Waals surface area contributed by atoms with E-state index >= 15 is 0 Å². The molecule has 0 aliphatic heterocycles. The van der Waals surface area contributed by atoms with Crippen LogP contribution in [0, 0.1) is 5.82 Å². The van der Waals surface area contributed by atoms with E-state index in [1.165, 1.54) is 23.5 Å². The van der Waals surface area contributed by atoms with Gasteiger partial charge in [0, 0.05) is 25.6 Å². The standard InChI is InChI=1S/C26H24FNO6S2/c1-33-17-16-28(35(29,30)26-11-5-8-21-7-2-3-10-25(21)26)19-20-6-4-9-23(18-20)34-36(31,32)24-14-12-22(27)13-15-24/h2-15,18H,16-17,19H2,1H3. The van der Waals surface area contributed by atoms with Gasteiger partial charge in [0.05, 0.1) is 11.5 Å². The predicted molar refractivity (Wildman–Crippen MR) is 134 cm³/mol. The maximum absolute atomic E-state index is 13.7. The van der Waals surface area contributed by atoms with Crippen molar-refractivity contribution in [1.29, 1.82) is 0 Å². The van der Waals surface area contributed by atoms with Gasteiger partial charge in [-0.25, -0.2) is 12.8 Å². The lowest BCUT2D eigenvalue weighted by Gasteiger charge is -2.23. The Balaban J connectivity index is 1.63. The molecule has 0 aromatic heterocycles. The third-order valence-electron chi connectivity index (χ3n) is 5.48. The van der Waals surface area contributed by atoms with Gasteiger partial charge in [-0.15, -0.1) is 0 Å². The molecule has 0 spiro atoms. The number of halogens is 1. The number of methoxy groups -OCH3 is 1. The third-order valence-corrected chi connectivity index (χ3v) is 8.64. The Hall–Kier alpha value is -3.31. The Morgan fingerprint density at radius 3 is 2.28 bits per heavy atom. The summed E-state index contributed by atoms with van der Waals surface area (Å²) in [5, 5.41) is 1.40. The molecule has 10 heteroatoms. The number of hydrogen-bond donors (Lipinski definition) is 0. The molecule has 0 fully saturated rings. The average molecular weight is 530 g/mol. The highest BCUT2D eigenvalue weighted by atomic mass is 32.2. The molecule has 188 valence electrons. The van der Waals surface area contributed by atoms with Crippen molar-refractivity contribution in [1.82, 2.24) is 4.31 Å². The fourth-order valence-electron chi connectivity index (χ4n) is 3.71. The molecule has 4 aromatic rings. The van der Waals surface area contributed by atoms with Crippen molar-refractivity contribution in [2.24, 2.45) is 0 Å². The first-order valence-electron chi connectivity index (χ1n) is 11.0. The van der Waals surface area contributed by atoms with Gasteiger partial charge in [0.2, 0.25) is 10.0 Å². The first-order valence-corrected chi connectivity index (χ1v) is 13.8. The molecule has 0 aliphatic carbocycles. The Morgan fingerprint density at radius 2 is 1.53 bits per heavy atom. The molecule has 0 aliphatic rings. The Labute approximate surface area is 209 Å². The van der Waals surface area contributed by atoms with Crippen LogP contribution in [-0.2, 0) is 31.4 Å². The average Bonchev–Trinajstić information content (AvgIpc) is 2.86. The van der Waals surface area contributed by atoms with Crippen LogP contribution in [-0.4, -0.2) is 41.4 Å². The van der Waals surface area contributed by atoms with Crippen LogP contribution in [0.5, 0.6) is 5.75 Å². The van der Waals surface area contributed by atoms with E-state index in [-0.39, 0.29) is 35.2 Å². The second-order valence-corrected chi connectivity index (χ2v) is 11.4. The summed E-state index contributed by atoms with van der Waals surface area (Å²) in [7, 11) is -6.65. The molecule has 0 radical (unpaired) electrons. The molecule has 0 unspecified atom stereocenters. The summed E-state index contributed by atoms with van der Waals surface area (Å²) in [4.78, 5) is -0.0300. The minimum absolute atomic E-state index is 0.00563. The topological polar surface area (TPSA) is 90.0 Å². The minimum atomic E-state index is -4.20. The molecule has 0 saturated carbocycles. The van der Waals surface area contributed by atoms with Gasteiger partial charge < -0.3 is 8.92 Å². The van der Waals surface area contributed by atoms with Gasteiger partial charge in [-0.3, -0.25) is 0 Å². The molecule has 36 heavy (non-hydrogen) atoms. The van der Waals surface area contributed by atoms with Crippen LogP contribution in [0.25, 0.3) is 10.8 Å². The van der Waals surface area contributed by atoms with Crippen molar-refractivity contribution in [3.8, 4) is 5.75 Å². The number of rotatable bonds is 10. The first kappa shape index (κ1) is 25.8. The molecule has 0 heterocycles. The molecule has 0 amide bonds. The summed E-state index contributed by atoms with van der Waals surface area (Å²) in [5.74, 6) is -0.564. The lowest BCUT2D eigenvalue weighted by molar-refractivity contribution is 0.177. The Morgan fingerprint density at radius 1 is 0.833 bits per heavy atom. The molecule has 0 N–H and O–H groups in total. The van der Waals surface area contributed by atoms with E-state index in [0.717, 1.165) is 29.7 Å². The SMILES string of the molecule is COCCN(Cc1cccc(OS(=O)(=O)c2ccc(F)cc2)c1)S(=O)(=O)c1cccc2ccccc12. The highest BCUT2D eigenvalue weighted by molar-refractivity contribution is 7.89. The molecule has 0 bridgehead atoms. The normalized spacial score (nSPS) is 12.2. The van der Waals surface area contributed by atoms with E-state index < -0.39 is 26.0 Å². The van der Waals surface area contributed by atoms with Crippen LogP contribution >= 0.6 is 0 Å². The summed E-state index contributed by atoms with van der Waals surface area (Å²) < 4.78 is 77.4. The smallest absolute Gasteiger partial charge is 0.339 e. The second kappa shape index (κ2) is 10.8. The van der Waals surface area contributed by atoms with Gasteiger partial charge >= 0.3 is 10.1 Å². The summed E-state index contributed by atoms with van der Waals surface area (Å²) >= 11 is 0. The lowest BCUT2D eigenvalue weighted by atomic mass is 10.1. The molecule has 4 aromatic carbocycles. The van der Waals surface area contributed by atoms with Gasteiger partial charge in [-0.05, 0) is 53.4 Å². The predicted octanol–water partition coefficient (Wildman–Crippen LogP) is 4.58. The van der Waals surface area contributed by atoms with Crippen molar-refractivity contribution in [2.45, 2.75) is 16.3 Å². The van der Waals surface area contributed by atoms with Crippen molar-refractivity contribution >= 4 is 30.9 Å². The number of hydrogen-bond acceptors (Lipinski definition) is 6. The first-order chi connectivity index (χ1) is 17.2. The second-order valence-electron chi connectivity index (χ2n) is 7.95. The van der Waals surface area contributed by atoms with Crippen LogP contribution in [0.1, 0.15) is 5.56 Å². The van der Waals surface area contributed by atoms with E-state index in [1.54, 1.807) is 36.4 Å². The quantitative estimate of drug-likeness (QED) is 0.279. The van der Waals surface area contributed by atoms with Gasteiger partial charge in [0.15, 0.2) is 0 Å². The molecular formula is C26H24FNO6S2.